The van der Waals surface area contributed by atoms with Crippen molar-refractivity contribution in [1.29, 1.82) is 0 Å². The normalized spacial score (nSPS) is 12.1. The summed E-state index contributed by atoms with van der Waals surface area (Å²) in [6.45, 7) is 0. The van der Waals surface area contributed by atoms with Crippen molar-refractivity contribution in [2.24, 2.45) is 5.73 Å². The van der Waals surface area contributed by atoms with Crippen molar-refractivity contribution in [2.75, 3.05) is 0 Å². The van der Waals surface area contributed by atoms with Crippen LogP contribution in [0.5, 0.6) is 0 Å². The number of nitrogens with two attached hydrogens (primary N) is 1. The Hall–Kier alpha value is -2.05. The number of halogens is 2. The van der Waals surface area contributed by atoms with Crippen LogP contribution in [0.15, 0.2) is 24.3 Å². The molecular weight excluding hydrogens is 319 g/mol. The Balaban J connectivity index is 2.73. The van der Waals surface area contributed by atoms with Crippen molar-refractivity contribution in [3.63, 3.8) is 0 Å². The highest BCUT2D eigenvalue weighted by molar-refractivity contribution is 6.35. The van der Waals surface area contributed by atoms with Crippen LogP contribution in [-0.2, 0) is 14.4 Å². The van der Waals surface area contributed by atoms with Crippen molar-refractivity contribution < 1.29 is 19.5 Å². The van der Waals surface area contributed by atoms with Gasteiger partial charge < -0.3 is 16.2 Å². The fourth-order valence-electron chi connectivity index (χ4n) is 1.42. The first kappa shape index (κ1) is 17.0. The van der Waals surface area contributed by atoms with Gasteiger partial charge in [0.2, 0.25) is 11.8 Å². The smallest absolute Gasteiger partial charge is 0.326 e. The Morgan fingerprint density at radius 1 is 1.33 bits per heavy atom. The Morgan fingerprint density at radius 3 is 2.52 bits per heavy atom. The first-order valence-electron chi connectivity index (χ1n) is 5.74. The van der Waals surface area contributed by atoms with E-state index in [1.165, 1.54) is 12.1 Å². The van der Waals surface area contributed by atoms with Gasteiger partial charge in [-0.15, -0.1) is 0 Å². The highest BCUT2D eigenvalue weighted by Gasteiger charge is 2.21. The molecule has 0 saturated carbocycles. The largest absolute Gasteiger partial charge is 0.480 e. The molecule has 2 amide bonds. The summed E-state index contributed by atoms with van der Waals surface area (Å²) in [7, 11) is 0. The van der Waals surface area contributed by atoms with Gasteiger partial charge in [0, 0.05) is 16.1 Å². The maximum atomic E-state index is 11.6. The van der Waals surface area contributed by atoms with Gasteiger partial charge in [0.05, 0.1) is 6.42 Å². The maximum absolute atomic E-state index is 11.6. The van der Waals surface area contributed by atoms with Crippen LogP contribution in [0, 0.1) is 0 Å². The molecule has 21 heavy (non-hydrogen) atoms. The second-order valence-electron chi connectivity index (χ2n) is 4.07. The zero-order valence-corrected chi connectivity index (χ0v) is 12.2. The molecule has 1 rings (SSSR count). The lowest BCUT2D eigenvalue weighted by molar-refractivity contribution is -0.142. The minimum absolute atomic E-state index is 0.346. The van der Waals surface area contributed by atoms with Gasteiger partial charge in [0.15, 0.2) is 0 Å². The predicted octanol–water partition coefficient (Wildman–Crippen LogP) is 1.45. The minimum atomic E-state index is -1.37. The first-order valence-corrected chi connectivity index (χ1v) is 6.50. The Labute approximate surface area is 130 Å². The number of benzene rings is 1. The minimum Gasteiger partial charge on any atom is -0.480 e. The van der Waals surface area contributed by atoms with Crippen LogP contribution >= 0.6 is 23.2 Å². The van der Waals surface area contributed by atoms with Crippen molar-refractivity contribution in [1.82, 2.24) is 5.32 Å². The number of amides is 2. The van der Waals surface area contributed by atoms with E-state index in [9.17, 15) is 14.4 Å². The third-order valence-corrected chi connectivity index (χ3v) is 2.96. The monoisotopic (exact) mass is 330 g/mol. The SMILES string of the molecule is NC(=O)C[C@H](NC(=O)C=Cc1ccc(Cl)cc1Cl)C(=O)O. The number of nitrogens with one attached hydrogen (secondary N) is 1. The number of hydrogen-bond acceptors (Lipinski definition) is 3. The topological polar surface area (TPSA) is 109 Å². The molecule has 0 heterocycles. The molecule has 6 nitrogen and oxygen atoms in total. The van der Waals surface area contributed by atoms with E-state index in [1.54, 1.807) is 12.1 Å². The van der Waals surface area contributed by atoms with Gasteiger partial charge >= 0.3 is 5.97 Å². The van der Waals surface area contributed by atoms with E-state index in [4.69, 9.17) is 34.0 Å². The number of carboxylic acid groups (broad SMARTS) is 1. The molecule has 4 N–H and O–H groups in total. The summed E-state index contributed by atoms with van der Waals surface area (Å²) in [4.78, 5) is 33.2. The van der Waals surface area contributed by atoms with E-state index in [-0.39, 0.29) is 0 Å². The average molecular weight is 331 g/mol. The highest BCUT2D eigenvalue weighted by Crippen LogP contribution is 2.21. The lowest BCUT2D eigenvalue weighted by Crippen LogP contribution is -2.42. The second kappa shape index (κ2) is 7.66. The third kappa shape index (κ3) is 5.85. The number of carbonyl (C=O) groups is 3. The van der Waals surface area contributed by atoms with Gasteiger partial charge in [-0.1, -0.05) is 29.3 Å². The standard InChI is InChI=1S/C13H12Cl2N2O4/c14-8-3-1-7(9(15)5-8)2-4-12(19)17-10(13(20)21)6-11(16)18/h1-5,10H,6H2,(H2,16,18)(H,17,19)(H,20,21)/t10-/m0/s1. The fraction of sp³-hybridized carbons (Fsp3) is 0.154. The molecule has 8 heteroatoms. The molecule has 0 bridgehead atoms. The van der Waals surface area contributed by atoms with Gasteiger partial charge in [-0.2, -0.15) is 0 Å². The summed E-state index contributed by atoms with van der Waals surface area (Å²) in [5, 5.41) is 11.8. The molecule has 0 spiro atoms. The molecule has 0 radical (unpaired) electrons. The zero-order valence-electron chi connectivity index (χ0n) is 10.7. The number of primary amides is 1. The van der Waals surface area contributed by atoms with Crippen LogP contribution in [0.4, 0.5) is 0 Å². The van der Waals surface area contributed by atoms with Gasteiger partial charge in [-0.05, 0) is 23.8 Å². The van der Waals surface area contributed by atoms with Crippen LogP contribution in [0.1, 0.15) is 12.0 Å². The second-order valence-corrected chi connectivity index (χ2v) is 4.91. The summed E-state index contributed by atoms with van der Waals surface area (Å²) >= 11 is 11.7. The number of carbonyl (C=O) groups excluding carboxylic acids is 2. The van der Waals surface area contributed by atoms with E-state index in [2.05, 4.69) is 5.32 Å². The summed E-state index contributed by atoms with van der Waals surface area (Å²) in [6.07, 6.45) is 2.01. The van der Waals surface area contributed by atoms with E-state index < -0.39 is 30.2 Å². The van der Waals surface area contributed by atoms with Crippen molar-refractivity contribution >= 4 is 47.1 Å². The van der Waals surface area contributed by atoms with Crippen molar-refractivity contribution in [3.05, 3.63) is 39.9 Å². The number of aliphatic carboxylic acids is 1. The molecule has 0 unspecified atom stereocenters. The summed E-state index contributed by atoms with van der Waals surface area (Å²) in [5.74, 6) is -2.86. The summed E-state index contributed by atoms with van der Waals surface area (Å²) in [5.41, 5.74) is 5.44. The Bertz CT molecular complexity index is 602. The van der Waals surface area contributed by atoms with E-state index in [0.717, 1.165) is 6.08 Å². The first-order chi connectivity index (χ1) is 9.79. The molecule has 0 aliphatic heterocycles. The van der Waals surface area contributed by atoms with E-state index >= 15 is 0 Å². The molecule has 0 aliphatic rings. The van der Waals surface area contributed by atoms with Gasteiger partial charge in [-0.25, -0.2) is 4.79 Å². The van der Waals surface area contributed by atoms with Crippen LogP contribution in [0.3, 0.4) is 0 Å². The highest BCUT2D eigenvalue weighted by atomic mass is 35.5. The summed E-state index contributed by atoms with van der Waals surface area (Å²) in [6, 6.07) is 3.33. The summed E-state index contributed by atoms with van der Waals surface area (Å²) < 4.78 is 0. The molecule has 1 aromatic rings. The molecule has 0 saturated heterocycles. The molecule has 0 aromatic heterocycles. The molecule has 1 aromatic carbocycles. The number of hydrogen-bond donors (Lipinski definition) is 3. The van der Waals surface area contributed by atoms with Crippen molar-refractivity contribution in [3.8, 4) is 0 Å². The van der Waals surface area contributed by atoms with Gasteiger partial charge in [0.1, 0.15) is 6.04 Å². The maximum Gasteiger partial charge on any atom is 0.326 e. The van der Waals surface area contributed by atoms with Crippen LogP contribution < -0.4 is 11.1 Å². The van der Waals surface area contributed by atoms with Crippen molar-refractivity contribution in [2.45, 2.75) is 12.5 Å². The predicted molar refractivity (Wildman–Crippen MR) is 78.9 cm³/mol. The van der Waals surface area contributed by atoms with E-state index in [0.29, 0.717) is 15.6 Å². The quantitative estimate of drug-likeness (QED) is 0.685. The van der Waals surface area contributed by atoms with Gasteiger partial charge in [-0.3, -0.25) is 9.59 Å². The number of rotatable bonds is 6. The van der Waals surface area contributed by atoms with Gasteiger partial charge in [0.25, 0.3) is 0 Å². The lowest BCUT2D eigenvalue weighted by Gasteiger charge is -2.10. The lowest BCUT2D eigenvalue weighted by atomic mass is 10.2. The Morgan fingerprint density at radius 2 is 2.00 bits per heavy atom. The molecule has 112 valence electrons. The fourth-order valence-corrected chi connectivity index (χ4v) is 1.89. The molecule has 1 atom stereocenters. The molecule has 0 aliphatic carbocycles. The Kier molecular flexibility index (Phi) is 6.20. The third-order valence-electron chi connectivity index (χ3n) is 2.40. The van der Waals surface area contributed by atoms with Crippen LogP contribution in [-0.4, -0.2) is 28.9 Å². The zero-order chi connectivity index (χ0) is 16.0. The van der Waals surface area contributed by atoms with Crippen LogP contribution in [0.25, 0.3) is 6.08 Å². The average Bonchev–Trinajstić information content (AvgIpc) is 2.36. The van der Waals surface area contributed by atoms with Crippen LogP contribution in [0.2, 0.25) is 10.0 Å². The molecule has 0 fully saturated rings. The van der Waals surface area contributed by atoms with E-state index in [1.807, 2.05) is 0 Å². The molecular formula is C13H12Cl2N2O4. The number of carboxylic acids is 1.